The van der Waals surface area contributed by atoms with E-state index in [0.717, 1.165) is 5.69 Å². The maximum absolute atomic E-state index is 15.2. The van der Waals surface area contributed by atoms with Gasteiger partial charge in [-0.3, -0.25) is 4.79 Å². The second-order valence-corrected chi connectivity index (χ2v) is 11.1. The summed E-state index contributed by atoms with van der Waals surface area (Å²) in [6.45, 7) is 6.33. The number of hydrogen-bond acceptors (Lipinski definition) is 5. The van der Waals surface area contributed by atoms with E-state index in [9.17, 15) is 13.2 Å². The fourth-order valence-electron chi connectivity index (χ4n) is 4.64. The normalized spacial score (nSPS) is 23.9. The lowest BCUT2D eigenvalue weighted by atomic mass is 10.1. The van der Waals surface area contributed by atoms with Gasteiger partial charge in [-0.05, 0) is 31.0 Å². The van der Waals surface area contributed by atoms with Crippen LogP contribution >= 0.6 is 0 Å². The predicted octanol–water partition coefficient (Wildman–Crippen LogP) is 3.18. The van der Waals surface area contributed by atoms with Crippen molar-refractivity contribution in [1.29, 1.82) is 0 Å². The highest BCUT2D eigenvalue weighted by molar-refractivity contribution is 7.89. The summed E-state index contributed by atoms with van der Waals surface area (Å²) in [7, 11) is -3.73. The summed E-state index contributed by atoms with van der Waals surface area (Å²) in [5.41, 5.74) is 1.78. The lowest BCUT2D eigenvalue weighted by Crippen LogP contribution is -2.48. The van der Waals surface area contributed by atoms with Gasteiger partial charge in [0.25, 0.3) is 0 Å². The Hall–Kier alpha value is -2.49. The Kier molecular flexibility index (Phi) is 7.54. The summed E-state index contributed by atoms with van der Waals surface area (Å²) in [6, 6.07) is 14.1. The number of benzene rings is 2. The smallest absolute Gasteiger partial charge is 0.221 e. The number of sulfonamides is 1. The second-order valence-electron chi connectivity index (χ2n) is 8.98. The van der Waals surface area contributed by atoms with Gasteiger partial charge in [-0.25, -0.2) is 12.8 Å². The molecule has 0 aliphatic carbocycles. The lowest BCUT2D eigenvalue weighted by molar-refractivity contribution is -0.129. The van der Waals surface area contributed by atoms with Crippen molar-refractivity contribution >= 4 is 21.6 Å². The van der Waals surface area contributed by atoms with Gasteiger partial charge in [-0.15, -0.1) is 0 Å². The summed E-state index contributed by atoms with van der Waals surface area (Å²) < 4.78 is 49.7. The van der Waals surface area contributed by atoms with E-state index < -0.39 is 21.1 Å². The topological polar surface area (TPSA) is 70.2 Å². The summed E-state index contributed by atoms with van der Waals surface area (Å²) >= 11 is 0. The van der Waals surface area contributed by atoms with E-state index in [1.807, 2.05) is 48.2 Å². The molecule has 2 aromatic carbocycles. The minimum Gasteiger partial charge on any atom is -0.377 e. The maximum Gasteiger partial charge on any atom is 0.221 e. The number of hydrogen-bond donors (Lipinski definition) is 0. The molecule has 0 aromatic heterocycles. The van der Waals surface area contributed by atoms with E-state index in [-0.39, 0.29) is 25.1 Å². The summed E-state index contributed by atoms with van der Waals surface area (Å²) in [6.07, 6.45) is 0.0623. The van der Waals surface area contributed by atoms with Crippen molar-refractivity contribution in [1.82, 2.24) is 9.21 Å². The first-order valence-electron chi connectivity index (χ1n) is 11.7. The van der Waals surface area contributed by atoms with Gasteiger partial charge in [-0.1, -0.05) is 36.4 Å². The molecule has 2 fully saturated rings. The minimum atomic E-state index is -3.73. The number of nitrogens with zero attached hydrogens (tertiary/aromatic N) is 3. The molecule has 2 atom stereocenters. The minimum absolute atomic E-state index is 0.0441. The number of anilines is 1. The average molecular weight is 490 g/mol. The summed E-state index contributed by atoms with van der Waals surface area (Å²) in [5.74, 6) is -0.392. The fraction of sp³-hybridized carbons (Fsp3) is 0.480. The van der Waals surface area contributed by atoms with Crippen LogP contribution in [-0.2, 0) is 26.1 Å². The second kappa shape index (κ2) is 10.4. The van der Waals surface area contributed by atoms with Crippen molar-refractivity contribution in [2.75, 3.05) is 44.2 Å². The molecule has 1 unspecified atom stereocenters. The molecule has 34 heavy (non-hydrogen) atoms. The summed E-state index contributed by atoms with van der Waals surface area (Å²) in [5, 5.41) is -0.735. The molecule has 9 heteroatoms. The first-order valence-corrected chi connectivity index (χ1v) is 13.2. The molecule has 184 valence electrons. The molecule has 2 aromatic rings. The zero-order valence-corrected chi connectivity index (χ0v) is 20.5. The van der Waals surface area contributed by atoms with Crippen molar-refractivity contribution in [3.63, 3.8) is 0 Å². The number of carbonyl (C=O) groups excluding carboxylic acids is 1. The van der Waals surface area contributed by atoms with Gasteiger partial charge in [0.05, 0.1) is 6.10 Å². The number of amides is 1. The van der Waals surface area contributed by atoms with Crippen LogP contribution in [0, 0.1) is 5.82 Å². The van der Waals surface area contributed by atoms with E-state index in [1.165, 1.54) is 10.4 Å². The van der Waals surface area contributed by atoms with Gasteiger partial charge in [0.1, 0.15) is 11.1 Å². The van der Waals surface area contributed by atoms with Crippen LogP contribution in [0.15, 0.2) is 48.5 Å². The number of piperazine rings is 1. The standard InChI is InChI=1S/C25H32FN3O4S/c1-19-17-29(34(31,32)25(10-15-33-19)21-6-4-3-5-7-21)18-22-8-9-23(16-24(22)26)28-13-11-27(12-14-28)20(2)30/h3-9,16,19,25H,10-15,17-18H2,1-2H3/t19-,25?/m1/s1. The van der Waals surface area contributed by atoms with Crippen molar-refractivity contribution in [3.8, 4) is 0 Å². The van der Waals surface area contributed by atoms with Gasteiger partial charge < -0.3 is 14.5 Å². The Labute approximate surface area is 201 Å². The van der Waals surface area contributed by atoms with Crippen LogP contribution in [0.4, 0.5) is 10.1 Å². The number of ether oxygens (including phenoxy) is 1. The molecule has 7 nitrogen and oxygen atoms in total. The number of halogens is 1. The molecule has 0 spiro atoms. The summed E-state index contributed by atoms with van der Waals surface area (Å²) in [4.78, 5) is 15.4. The van der Waals surface area contributed by atoms with Crippen LogP contribution in [0.25, 0.3) is 0 Å². The third-order valence-corrected chi connectivity index (χ3v) is 8.83. The molecule has 2 aliphatic heterocycles. The largest absolute Gasteiger partial charge is 0.377 e. The Morgan fingerprint density at radius 3 is 2.44 bits per heavy atom. The molecule has 0 radical (unpaired) electrons. The van der Waals surface area contributed by atoms with Crippen molar-refractivity contribution in [3.05, 3.63) is 65.5 Å². The van der Waals surface area contributed by atoms with Crippen molar-refractivity contribution in [2.45, 2.75) is 38.2 Å². The highest BCUT2D eigenvalue weighted by atomic mass is 32.2. The van der Waals surface area contributed by atoms with Crippen molar-refractivity contribution in [2.24, 2.45) is 0 Å². The van der Waals surface area contributed by atoms with Gasteiger partial charge in [0, 0.05) is 64.0 Å². The third-order valence-electron chi connectivity index (χ3n) is 6.61. The average Bonchev–Trinajstić information content (AvgIpc) is 2.82. The van der Waals surface area contributed by atoms with Crippen LogP contribution in [0.1, 0.15) is 36.6 Å². The molecular formula is C25H32FN3O4S. The number of rotatable bonds is 4. The SMILES string of the molecule is CC(=O)N1CCN(c2ccc(CN3C[C@@H](C)OCCC(c4ccccc4)S3(=O)=O)c(F)c2)CC1. The molecule has 0 saturated carbocycles. The van der Waals surface area contributed by atoms with Gasteiger partial charge in [0.15, 0.2) is 0 Å². The Morgan fingerprint density at radius 1 is 1.09 bits per heavy atom. The van der Waals surface area contributed by atoms with Crippen molar-refractivity contribution < 1.29 is 22.3 Å². The lowest BCUT2D eigenvalue weighted by Gasteiger charge is -2.36. The first kappa shape index (κ1) is 24.6. The van der Waals surface area contributed by atoms with Crippen LogP contribution in [-0.4, -0.2) is 69.0 Å². The van der Waals surface area contributed by atoms with Crippen LogP contribution in [0.3, 0.4) is 0 Å². The van der Waals surface area contributed by atoms with Gasteiger partial charge in [0.2, 0.25) is 15.9 Å². The van der Waals surface area contributed by atoms with Crippen LogP contribution < -0.4 is 4.90 Å². The van der Waals surface area contributed by atoms with Crippen LogP contribution in [0.5, 0.6) is 0 Å². The Morgan fingerprint density at radius 2 is 1.79 bits per heavy atom. The molecule has 0 N–H and O–H groups in total. The quantitative estimate of drug-likeness (QED) is 0.660. The molecule has 1 amide bonds. The zero-order chi connectivity index (χ0) is 24.3. The van der Waals surface area contributed by atoms with E-state index >= 15 is 4.39 Å². The van der Waals surface area contributed by atoms with Gasteiger partial charge >= 0.3 is 0 Å². The molecule has 0 bridgehead atoms. The molecule has 2 heterocycles. The first-order chi connectivity index (χ1) is 16.3. The Bertz CT molecular complexity index is 1100. The highest BCUT2D eigenvalue weighted by Gasteiger charge is 2.36. The third kappa shape index (κ3) is 5.42. The molecule has 2 aliphatic rings. The predicted molar refractivity (Wildman–Crippen MR) is 129 cm³/mol. The maximum atomic E-state index is 15.2. The highest BCUT2D eigenvalue weighted by Crippen LogP contribution is 2.32. The zero-order valence-electron chi connectivity index (χ0n) is 19.7. The Balaban J connectivity index is 1.54. The number of carbonyl (C=O) groups is 1. The van der Waals surface area contributed by atoms with E-state index in [4.69, 9.17) is 4.74 Å². The molecular weight excluding hydrogens is 457 g/mol. The fourth-order valence-corrected chi connectivity index (χ4v) is 6.63. The molecule has 4 rings (SSSR count). The molecule has 2 saturated heterocycles. The van der Waals surface area contributed by atoms with E-state index in [2.05, 4.69) is 0 Å². The van der Waals surface area contributed by atoms with E-state index in [1.54, 1.807) is 17.9 Å². The van der Waals surface area contributed by atoms with E-state index in [0.29, 0.717) is 50.3 Å². The van der Waals surface area contributed by atoms with Crippen LogP contribution in [0.2, 0.25) is 0 Å². The monoisotopic (exact) mass is 489 g/mol. The van der Waals surface area contributed by atoms with Gasteiger partial charge in [-0.2, -0.15) is 4.31 Å².